The number of thiazole rings is 1. The van der Waals surface area contributed by atoms with E-state index in [9.17, 15) is 18.0 Å². The van der Waals surface area contributed by atoms with E-state index >= 15 is 0 Å². The van der Waals surface area contributed by atoms with Crippen molar-refractivity contribution in [2.45, 2.75) is 32.4 Å². The normalized spacial score (nSPS) is 17.8. The Morgan fingerprint density at radius 1 is 1.44 bits per heavy atom. The molecule has 27 heavy (non-hydrogen) atoms. The number of nitrogens with one attached hydrogen (secondary N) is 1. The maximum atomic E-state index is 13.2. The van der Waals surface area contributed by atoms with E-state index in [0.29, 0.717) is 32.4 Å². The molecule has 0 aliphatic carbocycles. The maximum Gasteiger partial charge on any atom is 0.419 e. The monoisotopic (exact) mass is 398 g/mol. The summed E-state index contributed by atoms with van der Waals surface area (Å²) in [6, 6.07) is 2.31. The molecule has 3 heterocycles. The Morgan fingerprint density at radius 3 is 2.96 bits per heavy atom. The number of piperidine rings is 1. The predicted octanol–water partition coefficient (Wildman–Crippen LogP) is 3.44. The second-order valence-electron chi connectivity index (χ2n) is 6.56. The molecule has 2 aromatic heterocycles. The second-order valence-corrected chi connectivity index (χ2v) is 7.62. The van der Waals surface area contributed by atoms with Crippen molar-refractivity contribution >= 4 is 23.1 Å². The lowest BCUT2D eigenvalue weighted by Gasteiger charge is -2.34. The Labute approximate surface area is 159 Å². The number of carbonyl (C=O) groups excluding carboxylic acids is 1. The molecule has 1 N–H and O–H groups in total. The summed E-state index contributed by atoms with van der Waals surface area (Å²) in [4.78, 5) is 22.3. The lowest BCUT2D eigenvalue weighted by molar-refractivity contribution is -0.137. The van der Waals surface area contributed by atoms with Gasteiger partial charge in [-0.05, 0) is 31.9 Å². The molecule has 1 aliphatic heterocycles. The van der Waals surface area contributed by atoms with Crippen LogP contribution in [0.25, 0.3) is 0 Å². The molecule has 146 valence electrons. The molecule has 0 bridgehead atoms. The van der Waals surface area contributed by atoms with Crippen molar-refractivity contribution in [2.24, 2.45) is 5.92 Å². The SMILES string of the molecule is Cc1nc(CCNC(=O)C2CCCN(c3ncccc3C(F)(F)F)C2)cs1. The average molecular weight is 398 g/mol. The first-order valence-corrected chi connectivity index (χ1v) is 9.68. The lowest BCUT2D eigenvalue weighted by atomic mass is 9.96. The number of nitrogens with zero attached hydrogens (tertiary/aromatic N) is 3. The van der Waals surface area contributed by atoms with Crippen molar-refractivity contribution in [3.05, 3.63) is 40.0 Å². The minimum Gasteiger partial charge on any atom is -0.355 e. The van der Waals surface area contributed by atoms with Gasteiger partial charge in [0.2, 0.25) is 5.91 Å². The minimum absolute atomic E-state index is 0.0968. The zero-order valence-electron chi connectivity index (χ0n) is 14.9. The number of halogens is 3. The van der Waals surface area contributed by atoms with Crippen molar-refractivity contribution in [3.8, 4) is 0 Å². The topological polar surface area (TPSA) is 58.1 Å². The summed E-state index contributed by atoms with van der Waals surface area (Å²) >= 11 is 1.56. The van der Waals surface area contributed by atoms with Crippen LogP contribution in [0.2, 0.25) is 0 Å². The standard InChI is InChI=1S/C18H21F3N4OS/c1-12-24-14(11-27-12)6-8-23-17(26)13-4-3-9-25(10-13)16-15(18(19,20)21)5-2-7-22-16/h2,5,7,11,13H,3-4,6,8-10H2,1H3,(H,23,26). The van der Waals surface area contributed by atoms with Gasteiger partial charge in [0.1, 0.15) is 5.82 Å². The van der Waals surface area contributed by atoms with Gasteiger partial charge < -0.3 is 10.2 Å². The summed E-state index contributed by atoms with van der Waals surface area (Å²) in [6.07, 6.45) is -1.16. The third-order valence-electron chi connectivity index (χ3n) is 4.53. The summed E-state index contributed by atoms with van der Waals surface area (Å²) < 4.78 is 39.7. The van der Waals surface area contributed by atoms with Crippen LogP contribution < -0.4 is 10.2 Å². The summed E-state index contributed by atoms with van der Waals surface area (Å²) in [7, 11) is 0. The average Bonchev–Trinajstić information content (AvgIpc) is 3.06. The first-order chi connectivity index (χ1) is 12.8. The van der Waals surface area contributed by atoms with Crippen molar-refractivity contribution < 1.29 is 18.0 Å². The van der Waals surface area contributed by atoms with Gasteiger partial charge in [-0.15, -0.1) is 11.3 Å². The Kier molecular flexibility index (Phi) is 5.98. The van der Waals surface area contributed by atoms with Gasteiger partial charge in [-0.2, -0.15) is 13.2 Å². The third-order valence-corrected chi connectivity index (χ3v) is 5.35. The highest BCUT2D eigenvalue weighted by atomic mass is 32.1. The fraction of sp³-hybridized carbons (Fsp3) is 0.500. The number of pyridine rings is 1. The van der Waals surface area contributed by atoms with Gasteiger partial charge in [0.25, 0.3) is 0 Å². The molecular formula is C18H21F3N4OS. The second kappa shape index (κ2) is 8.24. The molecule has 1 aliphatic rings. The fourth-order valence-corrected chi connectivity index (χ4v) is 3.88. The van der Waals surface area contributed by atoms with Crippen molar-refractivity contribution in [3.63, 3.8) is 0 Å². The molecule has 0 saturated carbocycles. The van der Waals surface area contributed by atoms with Gasteiger partial charge in [-0.3, -0.25) is 4.79 Å². The number of amides is 1. The number of hydrogen-bond acceptors (Lipinski definition) is 5. The van der Waals surface area contributed by atoms with Crippen molar-refractivity contribution in [2.75, 3.05) is 24.5 Å². The molecule has 5 nitrogen and oxygen atoms in total. The highest BCUT2D eigenvalue weighted by Gasteiger charge is 2.37. The zero-order valence-corrected chi connectivity index (χ0v) is 15.7. The van der Waals surface area contributed by atoms with Gasteiger partial charge >= 0.3 is 6.18 Å². The molecule has 1 amide bonds. The van der Waals surface area contributed by atoms with Crippen LogP contribution in [0.1, 0.15) is 29.1 Å². The van der Waals surface area contributed by atoms with Gasteiger partial charge in [0.05, 0.1) is 22.2 Å². The fourth-order valence-electron chi connectivity index (χ4n) is 3.23. The molecule has 0 aromatic carbocycles. The molecule has 2 aromatic rings. The molecule has 0 spiro atoms. The minimum atomic E-state index is -4.47. The maximum absolute atomic E-state index is 13.2. The van der Waals surface area contributed by atoms with Crippen LogP contribution in [0.4, 0.5) is 19.0 Å². The predicted molar refractivity (Wildman–Crippen MR) is 97.7 cm³/mol. The van der Waals surface area contributed by atoms with Gasteiger partial charge in [0, 0.05) is 37.6 Å². The Bertz CT molecular complexity index is 793. The van der Waals surface area contributed by atoms with Crippen molar-refractivity contribution in [1.82, 2.24) is 15.3 Å². The van der Waals surface area contributed by atoms with Gasteiger partial charge in [0.15, 0.2) is 0 Å². The molecule has 9 heteroatoms. The van der Waals surface area contributed by atoms with Crippen LogP contribution in [0.3, 0.4) is 0 Å². The summed E-state index contributed by atoms with van der Waals surface area (Å²) in [6.45, 7) is 3.09. The summed E-state index contributed by atoms with van der Waals surface area (Å²) in [5.74, 6) is -0.574. The van der Waals surface area contributed by atoms with E-state index in [-0.39, 0.29) is 24.2 Å². The molecule has 1 saturated heterocycles. The Balaban J connectivity index is 1.60. The van der Waals surface area contributed by atoms with Crippen LogP contribution in [0, 0.1) is 12.8 Å². The smallest absolute Gasteiger partial charge is 0.355 e. The summed E-state index contributed by atoms with van der Waals surface area (Å²) in [5.41, 5.74) is 0.177. The molecule has 1 unspecified atom stereocenters. The Morgan fingerprint density at radius 2 is 2.26 bits per heavy atom. The highest BCUT2D eigenvalue weighted by molar-refractivity contribution is 7.09. The number of aryl methyl sites for hydroxylation is 1. The van der Waals surface area contributed by atoms with Crippen LogP contribution in [-0.2, 0) is 17.4 Å². The third kappa shape index (κ3) is 4.97. The number of aromatic nitrogens is 2. The first kappa shape index (κ1) is 19.6. The molecule has 1 atom stereocenters. The molecule has 3 rings (SSSR count). The van der Waals surface area contributed by atoms with E-state index in [0.717, 1.165) is 16.8 Å². The van der Waals surface area contributed by atoms with Crippen LogP contribution in [0.15, 0.2) is 23.7 Å². The number of carbonyl (C=O) groups is 1. The van der Waals surface area contributed by atoms with E-state index in [4.69, 9.17) is 0 Å². The molecule has 1 fully saturated rings. The van der Waals surface area contributed by atoms with E-state index in [1.165, 1.54) is 12.3 Å². The van der Waals surface area contributed by atoms with E-state index < -0.39 is 11.7 Å². The highest BCUT2D eigenvalue weighted by Crippen LogP contribution is 2.36. The van der Waals surface area contributed by atoms with Gasteiger partial charge in [-0.1, -0.05) is 0 Å². The number of anilines is 1. The number of hydrogen-bond donors (Lipinski definition) is 1. The first-order valence-electron chi connectivity index (χ1n) is 8.80. The Hall–Kier alpha value is -2.16. The van der Waals surface area contributed by atoms with Crippen LogP contribution in [0.5, 0.6) is 0 Å². The van der Waals surface area contributed by atoms with Crippen molar-refractivity contribution in [1.29, 1.82) is 0 Å². The number of rotatable bonds is 5. The molecule has 0 radical (unpaired) electrons. The van der Waals surface area contributed by atoms with E-state index in [2.05, 4.69) is 15.3 Å². The lowest BCUT2D eigenvalue weighted by Crippen LogP contribution is -2.44. The van der Waals surface area contributed by atoms with E-state index in [1.54, 1.807) is 16.2 Å². The van der Waals surface area contributed by atoms with Crippen LogP contribution in [-0.4, -0.2) is 35.5 Å². The largest absolute Gasteiger partial charge is 0.419 e. The molecular weight excluding hydrogens is 377 g/mol. The summed E-state index contributed by atoms with van der Waals surface area (Å²) in [5, 5.41) is 5.83. The van der Waals surface area contributed by atoms with Crippen LogP contribution >= 0.6 is 11.3 Å². The quantitative estimate of drug-likeness (QED) is 0.838. The van der Waals surface area contributed by atoms with Gasteiger partial charge in [-0.25, -0.2) is 9.97 Å². The zero-order chi connectivity index (χ0) is 19.4. The number of alkyl halides is 3. The van der Waals surface area contributed by atoms with E-state index in [1.807, 2.05) is 12.3 Å².